The van der Waals surface area contributed by atoms with Gasteiger partial charge < -0.3 is 9.47 Å². The molecule has 2 rings (SSSR count). The molecular formula is C24H26O4. The lowest BCUT2D eigenvalue weighted by Crippen LogP contribution is -2.00. The van der Waals surface area contributed by atoms with E-state index in [2.05, 4.69) is 25.7 Å². The molecule has 0 aliphatic heterocycles. The van der Waals surface area contributed by atoms with E-state index in [1.54, 1.807) is 48.5 Å². The zero-order chi connectivity index (χ0) is 20.2. The number of rotatable bonds is 10. The van der Waals surface area contributed by atoms with Gasteiger partial charge in [0.2, 0.25) is 11.6 Å². The zero-order valence-electron chi connectivity index (χ0n) is 16.5. The van der Waals surface area contributed by atoms with Crippen molar-refractivity contribution >= 4 is 11.6 Å². The van der Waals surface area contributed by atoms with Gasteiger partial charge in [-0.2, -0.15) is 0 Å². The van der Waals surface area contributed by atoms with Crippen LogP contribution in [0.4, 0.5) is 0 Å². The lowest BCUT2D eigenvalue weighted by atomic mass is 10.1. The summed E-state index contributed by atoms with van der Waals surface area (Å²) in [6.45, 7) is 5.50. The fourth-order valence-electron chi connectivity index (χ4n) is 2.33. The van der Waals surface area contributed by atoms with E-state index >= 15 is 0 Å². The van der Waals surface area contributed by atoms with Crippen molar-refractivity contribution < 1.29 is 19.1 Å². The highest BCUT2D eigenvalue weighted by Gasteiger charge is 2.06. The number of unbranched alkanes of at least 4 members (excludes halogenated alkanes) is 2. The topological polar surface area (TPSA) is 52.6 Å². The molecule has 4 nitrogen and oxygen atoms in total. The summed E-state index contributed by atoms with van der Waals surface area (Å²) < 4.78 is 11.1. The normalized spacial score (nSPS) is 9.93. The molecule has 0 saturated heterocycles. The molecule has 0 N–H and O–H groups in total. The maximum atomic E-state index is 12.2. The van der Waals surface area contributed by atoms with Gasteiger partial charge in [-0.15, -0.1) is 0 Å². The van der Waals surface area contributed by atoms with Crippen LogP contribution in [-0.4, -0.2) is 24.8 Å². The Morgan fingerprint density at radius 3 is 1.36 bits per heavy atom. The Kier molecular flexibility index (Phi) is 8.81. The molecule has 0 amide bonds. The molecule has 28 heavy (non-hydrogen) atoms. The second-order valence-electron chi connectivity index (χ2n) is 6.36. The molecule has 146 valence electrons. The van der Waals surface area contributed by atoms with Crippen LogP contribution in [0.3, 0.4) is 0 Å². The summed E-state index contributed by atoms with van der Waals surface area (Å²) in [5.74, 6) is 5.47. The van der Waals surface area contributed by atoms with Crippen LogP contribution >= 0.6 is 0 Å². The van der Waals surface area contributed by atoms with E-state index in [1.807, 2.05) is 0 Å². The van der Waals surface area contributed by atoms with E-state index in [0.29, 0.717) is 24.3 Å². The predicted molar refractivity (Wildman–Crippen MR) is 110 cm³/mol. The molecule has 0 saturated carbocycles. The van der Waals surface area contributed by atoms with Crippen molar-refractivity contribution in [2.24, 2.45) is 0 Å². The third-order valence-electron chi connectivity index (χ3n) is 4.06. The maximum absolute atomic E-state index is 12.2. The molecule has 4 heteroatoms. The Bertz CT molecular complexity index is 754. The SMILES string of the molecule is CCCCOc1ccc(C(=O)C#CC(=O)c2ccc(OCCCC)cc2)cc1. The predicted octanol–water partition coefficient (Wildman–Crippen LogP) is 5.11. The summed E-state index contributed by atoms with van der Waals surface area (Å²) >= 11 is 0. The second-order valence-corrected chi connectivity index (χ2v) is 6.36. The average Bonchev–Trinajstić information content (AvgIpc) is 2.73. The molecule has 0 aliphatic rings. The number of hydrogen-bond acceptors (Lipinski definition) is 4. The standard InChI is InChI=1S/C24H26O4/c1-3-5-17-27-21-11-7-19(8-12-21)23(25)15-16-24(26)20-9-13-22(14-10-20)28-18-6-4-2/h7-14H,3-6,17-18H2,1-2H3. The van der Waals surface area contributed by atoms with Crippen molar-refractivity contribution in [3.63, 3.8) is 0 Å². The fraction of sp³-hybridized carbons (Fsp3) is 0.333. The van der Waals surface area contributed by atoms with Crippen molar-refractivity contribution in [1.29, 1.82) is 0 Å². The Balaban J connectivity index is 1.92. The van der Waals surface area contributed by atoms with E-state index in [1.165, 1.54) is 0 Å². The smallest absolute Gasteiger partial charge is 0.236 e. The number of hydrogen-bond donors (Lipinski definition) is 0. The largest absolute Gasteiger partial charge is 0.494 e. The van der Waals surface area contributed by atoms with Crippen LogP contribution in [0.1, 0.15) is 60.2 Å². The second kappa shape index (κ2) is 11.6. The van der Waals surface area contributed by atoms with Crippen molar-refractivity contribution in [2.45, 2.75) is 39.5 Å². The van der Waals surface area contributed by atoms with E-state index in [0.717, 1.165) is 37.2 Å². The van der Waals surface area contributed by atoms with Gasteiger partial charge in [0.25, 0.3) is 0 Å². The highest BCUT2D eigenvalue weighted by molar-refractivity contribution is 6.16. The molecular weight excluding hydrogens is 352 g/mol. The van der Waals surface area contributed by atoms with Gasteiger partial charge in [-0.25, -0.2) is 0 Å². The van der Waals surface area contributed by atoms with Crippen molar-refractivity contribution in [2.75, 3.05) is 13.2 Å². The zero-order valence-corrected chi connectivity index (χ0v) is 16.5. The minimum atomic E-state index is -0.395. The van der Waals surface area contributed by atoms with Gasteiger partial charge in [0, 0.05) is 11.1 Å². The minimum absolute atomic E-state index is 0.395. The van der Waals surface area contributed by atoms with Crippen molar-refractivity contribution in [1.82, 2.24) is 0 Å². The van der Waals surface area contributed by atoms with Crippen molar-refractivity contribution in [3.8, 4) is 23.3 Å². The Hall–Kier alpha value is -3.06. The van der Waals surface area contributed by atoms with Crippen LogP contribution in [0, 0.1) is 11.8 Å². The van der Waals surface area contributed by atoms with Crippen LogP contribution < -0.4 is 9.47 Å². The summed E-state index contributed by atoms with van der Waals surface area (Å²) in [6, 6.07) is 13.6. The highest BCUT2D eigenvalue weighted by atomic mass is 16.5. The van der Waals surface area contributed by atoms with Crippen LogP contribution in [-0.2, 0) is 0 Å². The van der Waals surface area contributed by atoms with E-state index in [4.69, 9.17) is 9.47 Å². The first-order chi connectivity index (χ1) is 13.6. The molecule has 0 radical (unpaired) electrons. The molecule has 0 atom stereocenters. The molecule has 0 aliphatic carbocycles. The van der Waals surface area contributed by atoms with Crippen LogP contribution in [0.2, 0.25) is 0 Å². The summed E-state index contributed by atoms with van der Waals surface area (Å²) in [4.78, 5) is 24.3. The summed E-state index contributed by atoms with van der Waals surface area (Å²) in [5, 5.41) is 0. The number of Topliss-reactive ketones (excluding diaryl/α,β-unsaturated/α-hetero) is 2. The lowest BCUT2D eigenvalue weighted by molar-refractivity contribution is 0.103. The third kappa shape index (κ3) is 6.92. The third-order valence-corrected chi connectivity index (χ3v) is 4.06. The Labute approximate surface area is 166 Å². The number of ketones is 2. The van der Waals surface area contributed by atoms with Gasteiger partial charge in [-0.1, -0.05) is 26.7 Å². The van der Waals surface area contributed by atoms with Gasteiger partial charge in [0.15, 0.2) is 0 Å². The van der Waals surface area contributed by atoms with E-state index in [9.17, 15) is 9.59 Å². The summed E-state index contributed by atoms with van der Waals surface area (Å²) in [6.07, 6.45) is 4.10. The van der Waals surface area contributed by atoms with Crippen molar-refractivity contribution in [3.05, 3.63) is 59.7 Å². The maximum Gasteiger partial charge on any atom is 0.236 e. The van der Waals surface area contributed by atoms with Gasteiger partial charge in [-0.3, -0.25) is 9.59 Å². The quantitative estimate of drug-likeness (QED) is 0.249. The molecule has 2 aromatic rings. The molecule has 0 fully saturated rings. The number of ether oxygens (including phenoxy) is 2. The molecule has 0 spiro atoms. The van der Waals surface area contributed by atoms with Gasteiger partial charge in [0.05, 0.1) is 13.2 Å². The van der Waals surface area contributed by atoms with Crippen LogP contribution in [0.5, 0.6) is 11.5 Å². The molecule has 0 aromatic heterocycles. The van der Waals surface area contributed by atoms with Crippen LogP contribution in [0.25, 0.3) is 0 Å². The molecule has 0 bridgehead atoms. The summed E-state index contributed by atoms with van der Waals surface area (Å²) in [7, 11) is 0. The highest BCUT2D eigenvalue weighted by Crippen LogP contribution is 2.14. The number of carbonyl (C=O) groups excluding carboxylic acids is 2. The minimum Gasteiger partial charge on any atom is -0.494 e. The van der Waals surface area contributed by atoms with E-state index < -0.39 is 11.6 Å². The lowest BCUT2D eigenvalue weighted by Gasteiger charge is -2.05. The first-order valence-corrected chi connectivity index (χ1v) is 9.70. The van der Waals surface area contributed by atoms with Crippen LogP contribution in [0.15, 0.2) is 48.5 Å². The summed E-state index contributed by atoms with van der Waals surface area (Å²) in [5.41, 5.74) is 0.866. The van der Waals surface area contributed by atoms with E-state index in [-0.39, 0.29) is 0 Å². The van der Waals surface area contributed by atoms with Gasteiger partial charge in [0.1, 0.15) is 11.5 Å². The van der Waals surface area contributed by atoms with Gasteiger partial charge >= 0.3 is 0 Å². The number of benzene rings is 2. The number of carbonyl (C=O) groups is 2. The Morgan fingerprint density at radius 2 is 1.04 bits per heavy atom. The first kappa shape index (κ1) is 21.2. The molecule has 0 unspecified atom stereocenters. The Morgan fingerprint density at radius 1 is 0.679 bits per heavy atom. The van der Waals surface area contributed by atoms with Gasteiger partial charge in [-0.05, 0) is 73.2 Å². The first-order valence-electron chi connectivity index (χ1n) is 9.70. The monoisotopic (exact) mass is 378 g/mol. The molecule has 0 heterocycles. The average molecular weight is 378 g/mol. The molecule has 2 aromatic carbocycles. The fourth-order valence-corrected chi connectivity index (χ4v) is 2.33.